The molecule has 27 heavy (non-hydrogen) atoms. The van der Waals surface area contributed by atoms with Crippen molar-refractivity contribution in [2.75, 3.05) is 0 Å². The second-order valence-corrected chi connectivity index (χ2v) is 6.45. The highest BCUT2D eigenvalue weighted by Gasteiger charge is 2.80. The molecule has 2 nitrogen and oxygen atoms in total. The maximum atomic E-state index is 13.1. The van der Waals surface area contributed by atoms with Gasteiger partial charge in [-0.2, -0.15) is 52.7 Å². The third-order valence-corrected chi connectivity index (χ3v) is 4.96. The third-order valence-electron chi connectivity index (χ3n) is 4.96. The first kappa shape index (κ1) is 22.1. The molecule has 0 radical (unpaired) electrons. The number of rotatable bonds is 2. The van der Waals surface area contributed by atoms with Crippen LogP contribution in [0.2, 0.25) is 0 Å². The second-order valence-electron chi connectivity index (χ2n) is 6.45. The van der Waals surface area contributed by atoms with Crippen LogP contribution in [0.4, 0.5) is 52.7 Å². The zero-order valence-corrected chi connectivity index (χ0v) is 12.7. The molecule has 2 N–H and O–H groups in total. The van der Waals surface area contributed by atoms with Gasteiger partial charge in [-0.25, -0.2) is 0 Å². The minimum absolute atomic E-state index is 0.593. The third kappa shape index (κ3) is 2.81. The predicted molar refractivity (Wildman–Crippen MR) is 62.0 cm³/mol. The summed E-state index contributed by atoms with van der Waals surface area (Å²) in [6, 6.07) is 0. The van der Waals surface area contributed by atoms with Gasteiger partial charge in [-0.3, -0.25) is 0 Å². The number of halogens is 12. The molecule has 2 atom stereocenters. The lowest BCUT2D eigenvalue weighted by Gasteiger charge is -2.42. The smallest absolute Gasteiger partial charge is 0.370 e. The molecule has 0 heterocycles. The molecule has 1 saturated carbocycles. The number of alkyl halides is 12. The number of hydrogen-bond acceptors (Lipinski definition) is 2. The van der Waals surface area contributed by atoms with Crippen LogP contribution in [0.25, 0.3) is 0 Å². The Kier molecular flexibility index (Phi) is 4.65. The van der Waals surface area contributed by atoms with Crippen molar-refractivity contribution in [3.8, 4) is 0 Å². The van der Waals surface area contributed by atoms with Crippen LogP contribution in [-0.2, 0) is 0 Å². The minimum Gasteiger partial charge on any atom is -0.370 e. The lowest BCUT2D eigenvalue weighted by Crippen LogP contribution is -2.63. The molecule has 14 heteroatoms. The normalized spacial score (nSPS) is 25.6. The molecule has 2 aliphatic carbocycles. The molecule has 0 aliphatic heterocycles. The van der Waals surface area contributed by atoms with E-state index in [1.165, 1.54) is 0 Å². The van der Waals surface area contributed by atoms with Crippen molar-refractivity contribution in [1.29, 1.82) is 0 Å². The molecule has 2 aliphatic rings. The summed E-state index contributed by atoms with van der Waals surface area (Å²) in [5, 5.41) is 18.8. The van der Waals surface area contributed by atoms with Gasteiger partial charge in [-0.05, 0) is 42.2 Å². The molecule has 0 saturated heterocycles. The Hall–Kier alpha value is -1.18. The Morgan fingerprint density at radius 2 is 0.741 bits per heavy atom. The van der Waals surface area contributed by atoms with Crippen LogP contribution in [-0.4, -0.2) is 46.1 Å². The lowest BCUT2D eigenvalue weighted by atomic mass is 9.73. The van der Waals surface area contributed by atoms with Crippen LogP contribution >= 0.6 is 0 Å². The van der Waals surface area contributed by atoms with Crippen LogP contribution in [0.15, 0.2) is 11.1 Å². The van der Waals surface area contributed by atoms with Crippen LogP contribution in [0.3, 0.4) is 0 Å². The average Bonchev–Trinajstić information content (AvgIpc) is 3.00. The maximum absolute atomic E-state index is 13.1. The van der Waals surface area contributed by atoms with Gasteiger partial charge in [0.25, 0.3) is 11.2 Å². The summed E-state index contributed by atoms with van der Waals surface area (Å²) in [4.78, 5) is 0. The summed E-state index contributed by atoms with van der Waals surface area (Å²) in [6.45, 7) is 0. The fourth-order valence-corrected chi connectivity index (χ4v) is 3.86. The summed E-state index contributed by atoms with van der Waals surface area (Å²) < 4.78 is 157. The highest BCUT2D eigenvalue weighted by molar-refractivity contribution is 5.45. The molecule has 0 aromatic rings. The first-order valence-corrected chi connectivity index (χ1v) is 7.18. The topological polar surface area (TPSA) is 40.5 Å². The molecule has 0 aromatic carbocycles. The van der Waals surface area contributed by atoms with E-state index in [4.69, 9.17) is 0 Å². The van der Waals surface area contributed by atoms with Crippen molar-refractivity contribution in [3.05, 3.63) is 11.1 Å². The van der Waals surface area contributed by atoms with Gasteiger partial charge >= 0.3 is 24.7 Å². The highest BCUT2D eigenvalue weighted by atomic mass is 19.4. The maximum Gasteiger partial charge on any atom is 0.430 e. The van der Waals surface area contributed by atoms with E-state index in [1.54, 1.807) is 0 Å². The van der Waals surface area contributed by atoms with Gasteiger partial charge < -0.3 is 10.2 Å². The first-order chi connectivity index (χ1) is 11.7. The van der Waals surface area contributed by atoms with E-state index in [-0.39, 0.29) is 0 Å². The van der Waals surface area contributed by atoms with Crippen molar-refractivity contribution in [2.24, 2.45) is 11.8 Å². The van der Waals surface area contributed by atoms with Gasteiger partial charge in [-0.1, -0.05) is 0 Å². The summed E-state index contributed by atoms with van der Waals surface area (Å²) in [6.07, 6.45) is -28.8. The van der Waals surface area contributed by atoms with Crippen LogP contribution in [0.1, 0.15) is 19.3 Å². The number of hydrogen-bond donors (Lipinski definition) is 2. The summed E-state index contributed by atoms with van der Waals surface area (Å²) in [5.74, 6) is -4.09. The van der Waals surface area contributed by atoms with Crippen molar-refractivity contribution in [3.63, 3.8) is 0 Å². The van der Waals surface area contributed by atoms with Crippen molar-refractivity contribution >= 4 is 0 Å². The molecular formula is C13H10F12O2. The van der Waals surface area contributed by atoms with Gasteiger partial charge in [0.1, 0.15) is 0 Å². The molecule has 0 amide bonds. The fraction of sp³-hybridized carbons (Fsp3) is 0.846. The number of fused-ring (bicyclic) bond motifs is 2. The van der Waals surface area contributed by atoms with Gasteiger partial charge in [0.2, 0.25) is 0 Å². The van der Waals surface area contributed by atoms with E-state index >= 15 is 0 Å². The minimum atomic E-state index is -6.67. The molecule has 2 rings (SSSR count). The molecule has 2 bridgehead atoms. The van der Waals surface area contributed by atoms with Crippen LogP contribution in [0, 0.1) is 11.8 Å². The van der Waals surface area contributed by atoms with Gasteiger partial charge in [0, 0.05) is 0 Å². The molecule has 158 valence electrons. The second kappa shape index (κ2) is 5.67. The van der Waals surface area contributed by atoms with E-state index < -0.39 is 78.2 Å². The quantitative estimate of drug-likeness (QED) is 0.507. The predicted octanol–water partition coefficient (Wildman–Crippen LogP) is 4.42. The van der Waals surface area contributed by atoms with Crippen LogP contribution in [0.5, 0.6) is 0 Å². The largest absolute Gasteiger partial charge is 0.430 e. The summed E-state index contributed by atoms with van der Waals surface area (Å²) >= 11 is 0. The van der Waals surface area contributed by atoms with Gasteiger partial charge in [0.05, 0.1) is 0 Å². The number of aliphatic hydroxyl groups is 2. The summed E-state index contributed by atoms with van der Waals surface area (Å²) in [5.41, 5.74) is -17.0. The molecule has 0 aromatic heterocycles. The Balaban J connectivity index is 2.95. The van der Waals surface area contributed by atoms with Gasteiger partial charge in [-0.15, -0.1) is 0 Å². The van der Waals surface area contributed by atoms with E-state index in [1.807, 2.05) is 0 Å². The molecule has 2 unspecified atom stereocenters. The van der Waals surface area contributed by atoms with Crippen molar-refractivity contribution in [2.45, 2.75) is 55.2 Å². The summed E-state index contributed by atoms with van der Waals surface area (Å²) in [7, 11) is 0. The SMILES string of the molecule is OC(C1=C(C(O)(C(F)(F)F)C(F)(F)F)C2CCC1C2)(C(F)(F)F)C(F)(F)F. The lowest BCUT2D eigenvalue weighted by molar-refractivity contribution is -0.364. The van der Waals surface area contributed by atoms with E-state index in [0.717, 1.165) is 0 Å². The Morgan fingerprint density at radius 3 is 0.926 bits per heavy atom. The zero-order valence-electron chi connectivity index (χ0n) is 12.7. The monoisotopic (exact) mass is 426 g/mol. The first-order valence-electron chi connectivity index (χ1n) is 7.18. The fourth-order valence-electron chi connectivity index (χ4n) is 3.86. The molecule has 1 fully saturated rings. The van der Waals surface area contributed by atoms with E-state index in [0.29, 0.717) is 0 Å². The zero-order chi connectivity index (χ0) is 21.4. The average molecular weight is 426 g/mol. The van der Waals surface area contributed by atoms with E-state index in [2.05, 4.69) is 0 Å². The Morgan fingerprint density at radius 1 is 0.519 bits per heavy atom. The highest BCUT2D eigenvalue weighted by Crippen LogP contribution is 2.64. The van der Waals surface area contributed by atoms with E-state index in [9.17, 15) is 62.9 Å². The molecule has 0 spiro atoms. The standard InChI is InChI=1S/C13H10F12O2/c14-10(15,16)8(26,11(17,18)19)6-4-1-2-5(3-4)7(6)9(27,12(20,21)22)13(23,24)25/h4-5,26-27H,1-3H2. The van der Waals surface area contributed by atoms with Crippen LogP contribution < -0.4 is 0 Å². The Labute approximate surface area is 142 Å². The molecular weight excluding hydrogens is 416 g/mol. The van der Waals surface area contributed by atoms with Gasteiger partial charge in [0.15, 0.2) is 0 Å². The van der Waals surface area contributed by atoms with Crippen molar-refractivity contribution < 1.29 is 62.9 Å². The Bertz CT molecular complexity index is 554. The van der Waals surface area contributed by atoms with Crippen molar-refractivity contribution in [1.82, 2.24) is 0 Å².